The molecule has 0 radical (unpaired) electrons. The molecule has 0 aliphatic heterocycles. The summed E-state index contributed by atoms with van der Waals surface area (Å²) in [6.45, 7) is 3.83. The molecule has 0 unspecified atom stereocenters. The summed E-state index contributed by atoms with van der Waals surface area (Å²) in [4.78, 5) is 15.7. The van der Waals surface area contributed by atoms with Gasteiger partial charge in [0.05, 0.1) is 0 Å². The average Bonchev–Trinajstić information content (AvgIpc) is 2.49. The van der Waals surface area contributed by atoms with Crippen LogP contribution in [0.1, 0.15) is 11.1 Å². The van der Waals surface area contributed by atoms with E-state index in [1.54, 1.807) is 12.3 Å². The quantitative estimate of drug-likeness (QED) is 0.554. The average molecular weight is 325 g/mol. The highest BCUT2D eigenvalue weighted by Gasteiger charge is 2.06. The predicted octanol–water partition coefficient (Wildman–Crippen LogP) is 3.61. The topological polar surface area (TPSA) is 67.2 Å². The van der Waals surface area contributed by atoms with E-state index in [4.69, 9.17) is 16.6 Å². The Kier molecular flexibility index (Phi) is 4.08. The third-order valence-corrected chi connectivity index (χ3v) is 3.65. The number of nitrogens with one attached hydrogen (secondary N) is 2. The zero-order valence-electron chi connectivity index (χ0n) is 12.7. The van der Waals surface area contributed by atoms with Crippen LogP contribution in [0.25, 0.3) is 11.0 Å². The van der Waals surface area contributed by atoms with E-state index in [9.17, 15) is 4.79 Å². The molecule has 0 bridgehead atoms. The molecule has 3 aromatic rings. The fourth-order valence-corrected chi connectivity index (χ4v) is 2.50. The van der Waals surface area contributed by atoms with Crippen LogP contribution in [-0.2, 0) is 0 Å². The van der Waals surface area contributed by atoms with Gasteiger partial charge >= 0.3 is 5.63 Å². The fraction of sp³-hybridized carbons (Fsp3) is 0.118. The van der Waals surface area contributed by atoms with Gasteiger partial charge in [-0.25, -0.2) is 9.78 Å². The molecule has 116 valence electrons. The van der Waals surface area contributed by atoms with Crippen molar-refractivity contribution in [2.45, 2.75) is 13.8 Å². The largest absolute Gasteiger partial charge is 0.423 e. The summed E-state index contributed by atoms with van der Waals surface area (Å²) in [7, 11) is 0. The van der Waals surface area contributed by atoms with Crippen LogP contribution >= 0.6 is 12.2 Å². The highest BCUT2D eigenvalue weighted by atomic mass is 32.1. The van der Waals surface area contributed by atoms with Crippen LogP contribution in [-0.4, -0.2) is 10.1 Å². The number of pyridine rings is 1. The molecule has 3 rings (SSSR count). The van der Waals surface area contributed by atoms with Crippen LogP contribution in [0, 0.1) is 13.8 Å². The Morgan fingerprint density at radius 2 is 1.96 bits per heavy atom. The van der Waals surface area contributed by atoms with Gasteiger partial charge in [-0.2, -0.15) is 0 Å². The van der Waals surface area contributed by atoms with Crippen LogP contribution in [0.4, 0.5) is 11.5 Å². The number of nitrogens with zero attached hydrogens (tertiary/aromatic N) is 1. The second-order valence-electron chi connectivity index (χ2n) is 5.21. The molecule has 0 spiro atoms. The molecule has 2 aromatic heterocycles. The van der Waals surface area contributed by atoms with Gasteiger partial charge in [-0.05, 0) is 55.4 Å². The number of aryl methyl sites for hydroxylation is 2. The van der Waals surface area contributed by atoms with Crippen molar-refractivity contribution >= 4 is 39.8 Å². The lowest BCUT2D eigenvalue weighted by Crippen LogP contribution is -2.20. The smallest absolute Gasteiger partial charge is 0.336 e. The van der Waals surface area contributed by atoms with Gasteiger partial charge in [0.25, 0.3) is 0 Å². The monoisotopic (exact) mass is 325 g/mol. The van der Waals surface area contributed by atoms with E-state index in [1.807, 2.05) is 38.1 Å². The number of benzene rings is 1. The Bertz CT molecular complexity index is 950. The normalized spacial score (nSPS) is 10.5. The van der Waals surface area contributed by atoms with E-state index in [1.165, 1.54) is 6.07 Å². The van der Waals surface area contributed by atoms with Crippen LogP contribution in [0.2, 0.25) is 0 Å². The molecule has 5 nitrogen and oxygen atoms in total. The van der Waals surface area contributed by atoms with Crippen molar-refractivity contribution in [3.8, 4) is 0 Å². The van der Waals surface area contributed by atoms with E-state index in [2.05, 4.69) is 15.6 Å². The van der Waals surface area contributed by atoms with Gasteiger partial charge in [-0.3, -0.25) is 0 Å². The predicted molar refractivity (Wildman–Crippen MR) is 96.0 cm³/mol. The Morgan fingerprint density at radius 3 is 2.74 bits per heavy atom. The first-order valence-corrected chi connectivity index (χ1v) is 7.48. The van der Waals surface area contributed by atoms with Crippen molar-refractivity contribution in [2.75, 3.05) is 10.6 Å². The van der Waals surface area contributed by atoms with Gasteiger partial charge in [-0.1, -0.05) is 6.07 Å². The van der Waals surface area contributed by atoms with E-state index in [0.29, 0.717) is 16.5 Å². The molecular weight excluding hydrogens is 310 g/mol. The van der Waals surface area contributed by atoms with Crippen molar-refractivity contribution in [1.29, 1.82) is 0 Å². The van der Waals surface area contributed by atoms with E-state index in [0.717, 1.165) is 22.2 Å². The van der Waals surface area contributed by atoms with Gasteiger partial charge in [-0.15, -0.1) is 0 Å². The van der Waals surface area contributed by atoms with Crippen LogP contribution in [0.15, 0.2) is 51.8 Å². The maximum atomic E-state index is 11.5. The first kappa shape index (κ1) is 15.2. The van der Waals surface area contributed by atoms with Gasteiger partial charge < -0.3 is 15.1 Å². The Balaban J connectivity index is 1.83. The molecule has 0 saturated heterocycles. The van der Waals surface area contributed by atoms with Gasteiger partial charge in [0.2, 0.25) is 0 Å². The fourth-order valence-electron chi connectivity index (χ4n) is 2.29. The maximum Gasteiger partial charge on any atom is 0.336 e. The van der Waals surface area contributed by atoms with Crippen molar-refractivity contribution in [3.63, 3.8) is 0 Å². The third kappa shape index (κ3) is 3.37. The summed E-state index contributed by atoms with van der Waals surface area (Å²) >= 11 is 5.30. The number of hydrogen-bond donors (Lipinski definition) is 2. The summed E-state index contributed by atoms with van der Waals surface area (Å²) in [5.74, 6) is 0.702. The number of anilines is 2. The van der Waals surface area contributed by atoms with Crippen LogP contribution in [0.3, 0.4) is 0 Å². The molecule has 0 aliphatic carbocycles. The molecule has 1 aromatic carbocycles. The van der Waals surface area contributed by atoms with Crippen molar-refractivity contribution in [3.05, 3.63) is 64.1 Å². The Hall–Kier alpha value is -2.73. The molecule has 0 saturated carbocycles. The number of rotatable bonds is 2. The number of hydrogen-bond acceptors (Lipinski definition) is 4. The lowest BCUT2D eigenvalue weighted by atomic mass is 10.1. The molecule has 23 heavy (non-hydrogen) atoms. The van der Waals surface area contributed by atoms with Crippen LogP contribution < -0.4 is 16.3 Å². The van der Waals surface area contributed by atoms with E-state index < -0.39 is 0 Å². The maximum absolute atomic E-state index is 11.5. The van der Waals surface area contributed by atoms with E-state index in [-0.39, 0.29) is 5.63 Å². The minimum Gasteiger partial charge on any atom is -0.423 e. The molecule has 0 aliphatic rings. The first-order chi connectivity index (χ1) is 11.0. The van der Waals surface area contributed by atoms with Gasteiger partial charge in [0, 0.05) is 29.4 Å². The van der Waals surface area contributed by atoms with Crippen molar-refractivity contribution in [1.82, 2.24) is 4.98 Å². The summed E-state index contributed by atoms with van der Waals surface area (Å²) in [5, 5.41) is 7.43. The zero-order chi connectivity index (χ0) is 16.4. The molecule has 0 fully saturated rings. The number of thiocarbonyl (C=S) groups is 1. The Labute approximate surface area is 138 Å². The summed E-state index contributed by atoms with van der Waals surface area (Å²) in [6.07, 6.45) is 1.70. The molecule has 2 heterocycles. The molecule has 0 atom stereocenters. The molecule has 2 N–H and O–H groups in total. The highest BCUT2D eigenvalue weighted by Crippen LogP contribution is 2.21. The summed E-state index contributed by atoms with van der Waals surface area (Å²) in [6, 6.07) is 10.8. The van der Waals surface area contributed by atoms with Gasteiger partial charge in [0.1, 0.15) is 11.4 Å². The minimum absolute atomic E-state index is 0.364. The lowest BCUT2D eigenvalue weighted by molar-refractivity contribution is 0.560. The SMILES string of the molecule is Cc1cccnc1NC(=S)Nc1ccc2c(C)cc(=O)oc2c1. The zero-order valence-corrected chi connectivity index (χ0v) is 13.5. The van der Waals surface area contributed by atoms with Crippen molar-refractivity contribution < 1.29 is 4.42 Å². The minimum atomic E-state index is -0.364. The second-order valence-corrected chi connectivity index (χ2v) is 5.62. The summed E-state index contributed by atoms with van der Waals surface area (Å²) < 4.78 is 5.23. The second kappa shape index (κ2) is 6.18. The summed E-state index contributed by atoms with van der Waals surface area (Å²) in [5.41, 5.74) is 2.77. The van der Waals surface area contributed by atoms with Gasteiger partial charge in [0.15, 0.2) is 5.11 Å². The first-order valence-electron chi connectivity index (χ1n) is 7.07. The molecule has 6 heteroatoms. The number of fused-ring (bicyclic) bond motifs is 1. The third-order valence-electron chi connectivity index (χ3n) is 3.45. The molecular formula is C17H15N3O2S. The molecule has 0 amide bonds. The standard InChI is InChI=1S/C17H15N3O2S/c1-10-4-3-7-18-16(10)20-17(23)19-12-5-6-13-11(2)8-15(21)22-14(13)9-12/h3-9H,1-2H3,(H2,18,19,20,23). The lowest BCUT2D eigenvalue weighted by Gasteiger charge is -2.12. The Morgan fingerprint density at radius 1 is 1.13 bits per heavy atom. The van der Waals surface area contributed by atoms with Crippen molar-refractivity contribution in [2.24, 2.45) is 0 Å². The highest BCUT2D eigenvalue weighted by molar-refractivity contribution is 7.80. The van der Waals surface area contributed by atoms with E-state index >= 15 is 0 Å². The van der Waals surface area contributed by atoms with Crippen LogP contribution in [0.5, 0.6) is 0 Å². The number of aromatic nitrogens is 1.